The fourth-order valence-electron chi connectivity index (χ4n) is 5.13. The maximum absolute atomic E-state index is 12.7. The summed E-state index contributed by atoms with van der Waals surface area (Å²) in [6.45, 7) is 3.92. The molecule has 0 saturated carbocycles. The third-order valence-corrected chi connectivity index (χ3v) is 9.37. The summed E-state index contributed by atoms with van der Waals surface area (Å²) in [5.41, 5.74) is 0. The highest BCUT2D eigenvalue weighted by atomic mass is 31.2. The lowest BCUT2D eigenvalue weighted by atomic mass is 10.1. The summed E-state index contributed by atoms with van der Waals surface area (Å²) in [6.07, 6.45) is 47.5. The van der Waals surface area contributed by atoms with Crippen LogP contribution in [0.4, 0.5) is 0 Å². The van der Waals surface area contributed by atoms with Crippen molar-refractivity contribution in [3.63, 3.8) is 0 Å². The summed E-state index contributed by atoms with van der Waals surface area (Å²) in [6, 6.07) is 0. The number of rotatable bonds is 37. The van der Waals surface area contributed by atoms with Crippen LogP contribution in [-0.2, 0) is 32.7 Å². The highest BCUT2D eigenvalue weighted by Crippen LogP contribution is 2.38. The number of hydrogen-bond donors (Lipinski definition) is 0. The van der Waals surface area contributed by atoms with Crippen LogP contribution in [-0.4, -0.2) is 70.0 Å². The van der Waals surface area contributed by atoms with E-state index in [1.165, 1.54) is 0 Å². The van der Waals surface area contributed by atoms with E-state index in [9.17, 15) is 19.0 Å². The van der Waals surface area contributed by atoms with Gasteiger partial charge in [0.2, 0.25) is 0 Å². The van der Waals surface area contributed by atoms with E-state index in [0.29, 0.717) is 23.9 Å². The average Bonchev–Trinajstić information content (AvgIpc) is 3.15. The maximum Gasteiger partial charge on any atom is 0.306 e. The molecule has 0 amide bonds. The van der Waals surface area contributed by atoms with E-state index in [4.69, 9.17) is 18.5 Å². The number of carbonyl (C=O) groups excluding carboxylic acids is 2. The van der Waals surface area contributed by atoms with Gasteiger partial charge < -0.3 is 27.9 Å². The number of hydrogen-bond acceptors (Lipinski definition) is 8. The molecule has 320 valence electrons. The fourth-order valence-corrected chi connectivity index (χ4v) is 5.86. The first-order chi connectivity index (χ1) is 27.0. The number of quaternary nitrogens is 1. The molecule has 0 aromatic heterocycles. The van der Waals surface area contributed by atoms with Crippen LogP contribution >= 0.6 is 7.82 Å². The zero-order valence-corrected chi connectivity index (χ0v) is 36.7. The Morgan fingerprint density at radius 1 is 0.554 bits per heavy atom. The number of phosphoric ester groups is 1. The van der Waals surface area contributed by atoms with Gasteiger partial charge in [-0.15, -0.1) is 0 Å². The summed E-state index contributed by atoms with van der Waals surface area (Å²) >= 11 is 0. The van der Waals surface area contributed by atoms with Crippen LogP contribution < -0.4 is 4.89 Å². The van der Waals surface area contributed by atoms with E-state index in [-0.39, 0.29) is 26.1 Å². The van der Waals surface area contributed by atoms with Crippen molar-refractivity contribution in [1.29, 1.82) is 0 Å². The Bertz CT molecular complexity index is 1230. The molecular formula is C46H78NO8P. The third-order valence-electron chi connectivity index (χ3n) is 8.41. The first-order valence-electron chi connectivity index (χ1n) is 21.3. The Balaban J connectivity index is 4.47. The number of allylic oxidation sites excluding steroid dienone is 14. The molecule has 0 aliphatic rings. The standard InChI is InChI=1S/C46H78NO8P/c1-6-8-10-12-14-16-18-20-22-23-25-26-28-30-32-34-36-38-45(48)52-42-44(43-54-56(50,51)53-41-40-47(3,4)5)55-46(49)39-37-35-33-31-29-27-24-21-19-17-15-13-11-9-7-2/h8-11,14-17,20-22,24-26,44H,6-7,12-13,18-19,23,27-43H2,1-5H3/b10-8-,11-9-,16-14-,17-15-,22-20-,24-21-,26-25-/t44-/m1/s1. The number of ether oxygens (including phenoxy) is 2. The zero-order chi connectivity index (χ0) is 41.4. The van der Waals surface area contributed by atoms with Crippen LogP contribution in [0.3, 0.4) is 0 Å². The van der Waals surface area contributed by atoms with Crippen molar-refractivity contribution >= 4 is 19.8 Å². The van der Waals surface area contributed by atoms with E-state index in [0.717, 1.165) is 103 Å². The first kappa shape index (κ1) is 53.2. The van der Waals surface area contributed by atoms with Gasteiger partial charge in [0.1, 0.15) is 19.8 Å². The van der Waals surface area contributed by atoms with Crippen LogP contribution in [0.25, 0.3) is 0 Å². The predicted molar refractivity (Wildman–Crippen MR) is 231 cm³/mol. The lowest BCUT2D eigenvalue weighted by Gasteiger charge is -2.28. The third kappa shape index (κ3) is 40.8. The van der Waals surface area contributed by atoms with Crippen molar-refractivity contribution in [3.05, 3.63) is 85.1 Å². The Hall–Kier alpha value is -2.81. The summed E-state index contributed by atoms with van der Waals surface area (Å²) in [5.74, 6) is -0.892. The van der Waals surface area contributed by atoms with E-state index >= 15 is 0 Å². The van der Waals surface area contributed by atoms with Gasteiger partial charge in [0, 0.05) is 12.8 Å². The smallest absolute Gasteiger partial charge is 0.306 e. The summed E-state index contributed by atoms with van der Waals surface area (Å²) in [4.78, 5) is 37.5. The molecule has 0 radical (unpaired) electrons. The Kier molecular flexibility index (Phi) is 35.9. The lowest BCUT2D eigenvalue weighted by molar-refractivity contribution is -0.870. The minimum absolute atomic E-state index is 0.0437. The van der Waals surface area contributed by atoms with Crippen LogP contribution in [0.5, 0.6) is 0 Å². The monoisotopic (exact) mass is 804 g/mol. The van der Waals surface area contributed by atoms with Crippen LogP contribution in [0.1, 0.15) is 142 Å². The molecule has 0 aromatic rings. The van der Waals surface area contributed by atoms with Crippen molar-refractivity contribution in [2.45, 2.75) is 148 Å². The molecule has 0 spiro atoms. The Morgan fingerprint density at radius 2 is 0.964 bits per heavy atom. The van der Waals surface area contributed by atoms with Gasteiger partial charge in [-0.25, -0.2) is 0 Å². The molecule has 0 rings (SSSR count). The normalized spacial score (nSPS) is 14.5. The van der Waals surface area contributed by atoms with Gasteiger partial charge in [-0.2, -0.15) is 0 Å². The number of likely N-dealkylation sites (N-methyl/N-ethyl adjacent to an activating group) is 1. The number of unbranched alkanes of at least 4 members (excludes halogenated alkanes) is 9. The Labute approximate surface area is 341 Å². The minimum atomic E-state index is -4.64. The summed E-state index contributed by atoms with van der Waals surface area (Å²) < 4.78 is 33.8. The maximum atomic E-state index is 12.7. The number of carbonyl (C=O) groups is 2. The zero-order valence-electron chi connectivity index (χ0n) is 35.8. The largest absolute Gasteiger partial charge is 0.756 e. The molecule has 0 aliphatic heterocycles. The Morgan fingerprint density at radius 3 is 1.43 bits per heavy atom. The topological polar surface area (TPSA) is 111 Å². The minimum Gasteiger partial charge on any atom is -0.756 e. The quantitative estimate of drug-likeness (QED) is 0.0201. The summed E-state index contributed by atoms with van der Waals surface area (Å²) in [7, 11) is 1.12. The van der Waals surface area contributed by atoms with E-state index < -0.39 is 32.5 Å². The van der Waals surface area contributed by atoms with Gasteiger partial charge in [0.25, 0.3) is 7.82 Å². The number of nitrogens with zero attached hydrogens (tertiary/aromatic N) is 1. The summed E-state index contributed by atoms with van der Waals surface area (Å²) in [5, 5.41) is 0. The van der Waals surface area contributed by atoms with Gasteiger partial charge in [-0.3, -0.25) is 14.2 Å². The van der Waals surface area contributed by atoms with E-state index in [2.05, 4.69) is 98.9 Å². The second kappa shape index (κ2) is 37.7. The van der Waals surface area contributed by atoms with Crippen molar-refractivity contribution in [2.75, 3.05) is 47.5 Å². The number of esters is 2. The van der Waals surface area contributed by atoms with Crippen molar-refractivity contribution in [2.24, 2.45) is 0 Å². The highest BCUT2D eigenvalue weighted by molar-refractivity contribution is 7.45. The SMILES string of the molecule is CC/C=C\C/C=C\C/C=C\C/C=C\CCCCCCC(=O)OC[C@H](COP(=O)([O-])OCC[N+](C)(C)C)OC(=O)CCCCCCC/C=C\C/C=C\C/C=C\CC. The molecule has 1 unspecified atom stereocenters. The molecule has 0 heterocycles. The fraction of sp³-hybridized carbons (Fsp3) is 0.652. The molecule has 0 saturated heterocycles. The second-order valence-corrected chi connectivity index (χ2v) is 16.4. The average molecular weight is 804 g/mol. The van der Waals surface area contributed by atoms with Crippen molar-refractivity contribution < 1.29 is 42.1 Å². The number of phosphoric acid groups is 1. The molecule has 10 heteroatoms. The van der Waals surface area contributed by atoms with Gasteiger partial charge >= 0.3 is 11.9 Å². The van der Waals surface area contributed by atoms with Crippen molar-refractivity contribution in [3.8, 4) is 0 Å². The first-order valence-corrected chi connectivity index (χ1v) is 22.8. The molecule has 56 heavy (non-hydrogen) atoms. The molecule has 2 atom stereocenters. The van der Waals surface area contributed by atoms with Gasteiger partial charge in [0.05, 0.1) is 27.7 Å². The molecule has 0 N–H and O–H groups in total. The van der Waals surface area contributed by atoms with Crippen LogP contribution in [0.15, 0.2) is 85.1 Å². The van der Waals surface area contributed by atoms with Gasteiger partial charge in [0.15, 0.2) is 6.10 Å². The molecule has 0 aliphatic carbocycles. The van der Waals surface area contributed by atoms with Crippen molar-refractivity contribution in [1.82, 2.24) is 0 Å². The highest BCUT2D eigenvalue weighted by Gasteiger charge is 2.21. The van der Waals surface area contributed by atoms with Crippen LogP contribution in [0, 0.1) is 0 Å². The van der Waals surface area contributed by atoms with Gasteiger partial charge in [-0.05, 0) is 83.5 Å². The molecule has 0 fully saturated rings. The predicted octanol–water partition coefficient (Wildman–Crippen LogP) is 11.4. The van der Waals surface area contributed by atoms with E-state index in [1.54, 1.807) is 0 Å². The van der Waals surface area contributed by atoms with E-state index in [1.807, 2.05) is 21.1 Å². The van der Waals surface area contributed by atoms with Crippen LogP contribution in [0.2, 0.25) is 0 Å². The second-order valence-electron chi connectivity index (χ2n) is 14.9. The van der Waals surface area contributed by atoms with Gasteiger partial charge in [-0.1, -0.05) is 131 Å². The lowest BCUT2D eigenvalue weighted by Crippen LogP contribution is -2.37. The molecule has 9 nitrogen and oxygen atoms in total. The molecule has 0 aromatic carbocycles. The molecule has 0 bridgehead atoms. The molecular weight excluding hydrogens is 725 g/mol.